The van der Waals surface area contributed by atoms with Crippen molar-refractivity contribution < 1.29 is 14.1 Å². The van der Waals surface area contributed by atoms with E-state index in [1.165, 1.54) is 0 Å². The first-order chi connectivity index (χ1) is 9.61. The van der Waals surface area contributed by atoms with Crippen LogP contribution in [-0.4, -0.2) is 66.9 Å². The minimum atomic E-state index is 0.0359. The number of amides is 2. The summed E-state index contributed by atoms with van der Waals surface area (Å²) in [6.07, 6.45) is 2.58. The van der Waals surface area contributed by atoms with Crippen LogP contribution in [0.3, 0.4) is 0 Å². The van der Waals surface area contributed by atoms with Crippen LogP contribution in [0, 0.1) is 0 Å². The minimum Gasteiger partial charge on any atom is -0.384 e. The molecule has 1 fully saturated rings. The van der Waals surface area contributed by atoms with Gasteiger partial charge in [-0.2, -0.15) is 4.98 Å². The van der Waals surface area contributed by atoms with Gasteiger partial charge in [0.1, 0.15) is 0 Å². The summed E-state index contributed by atoms with van der Waals surface area (Å²) in [5.41, 5.74) is 0. The summed E-state index contributed by atoms with van der Waals surface area (Å²) in [7, 11) is 5.18. The number of rotatable bonds is 4. The smallest absolute Gasteiger partial charge is 0.319 e. The molecule has 2 heterocycles. The largest absolute Gasteiger partial charge is 0.384 e. The lowest BCUT2D eigenvalue weighted by Crippen LogP contribution is -2.44. The molecule has 0 spiro atoms. The van der Waals surface area contributed by atoms with Crippen LogP contribution in [0.4, 0.5) is 4.79 Å². The highest BCUT2D eigenvalue weighted by Gasteiger charge is 2.29. The molecule has 0 unspecified atom stereocenters. The molecular weight excluding hydrogens is 260 g/mol. The number of nitrogens with zero attached hydrogens (tertiary/aromatic N) is 4. The Morgan fingerprint density at radius 2 is 2.35 bits per heavy atom. The summed E-state index contributed by atoms with van der Waals surface area (Å²) in [6.45, 7) is 2.01. The molecule has 0 bridgehead atoms. The van der Waals surface area contributed by atoms with E-state index in [0.717, 1.165) is 19.4 Å². The molecule has 7 heteroatoms. The SMILES string of the molecule is COCCc1noc([C@H]2CCCN(C(=O)N(C)C)C2)n1. The van der Waals surface area contributed by atoms with Crippen LogP contribution in [0.1, 0.15) is 30.5 Å². The fourth-order valence-corrected chi connectivity index (χ4v) is 2.36. The Balaban J connectivity index is 1.98. The molecule has 0 radical (unpaired) electrons. The van der Waals surface area contributed by atoms with Crippen molar-refractivity contribution in [1.82, 2.24) is 19.9 Å². The van der Waals surface area contributed by atoms with Crippen molar-refractivity contribution in [3.8, 4) is 0 Å². The summed E-state index contributed by atoms with van der Waals surface area (Å²) in [4.78, 5) is 19.8. The number of carbonyl (C=O) groups is 1. The van der Waals surface area contributed by atoms with Gasteiger partial charge in [0.25, 0.3) is 0 Å². The number of ether oxygens (including phenoxy) is 1. The number of urea groups is 1. The lowest BCUT2D eigenvalue weighted by Gasteiger charge is -2.32. The van der Waals surface area contributed by atoms with Gasteiger partial charge >= 0.3 is 6.03 Å². The third-order valence-corrected chi connectivity index (χ3v) is 3.44. The van der Waals surface area contributed by atoms with Crippen LogP contribution < -0.4 is 0 Å². The fourth-order valence-electron chi connectivity index (χ4n) is 2.36. The van der Waals surface area contributed by atoms with Gasteiger partial charge in [0.15, 0.2) is 5.82 Å². The Morgan fingerprint density at radius 1 is 1.55 bits per heavy atom. The Morgan fingerprint density at radius 3 is 3.05 bits per heavy atom. The molecule has 112 valence electrons. The predicted molar refractivity (Wildman–Crippen MR) is 72.5 cm³/mol. The molecule has 1 aliphatic rings. The highest BCUT2D eigenvalue weighted by atomic mass is 16.5. The van der Waals surface area contributed by atoms with Gasteiger partial charge < -0.3 is 19.1 Å². The maximum absolute atomic E-state index is 12.0. The molecule has 2 rings (SSSR count). The first kappa shape index (κ1) is 14.8. The lowest BCUT2D eigenvalue weighted by molar-refractivity contribution is 0.149. The highest BCUT2D eigenvalue weighted by Crippen LogP contribution is 2.26. The Kier molecular flexibility index (Phi) is 4.94. The zero-order valence-electron chi connectivity index (χ0n) is 12.3. The van der Waals surface area contributed by atoms with Crippen molar-refractivity contribution >= 4 is 6.03 Å². The van der Waals surface area contributed by atoms with E-state index in [0.29, 0.717) is 31.3 Å². The number of likely N-dealkylation sites (tertiary alicyclic amines) is 1. The molecule has 0 N–H and O–H groups in total. The third kappa shape index (κ3) is 3.47. The molecule has 1 atom stereocenters. The van der Waals surface area contributed by atoms with Crippen molar-refractivity contribution in [3.05, 3.63) is 11.7 Å². The summed E-state index contributed by atoms with van der Waals surface area (Å²) >= 11 is 0. The first-order valence-corrected chi connectivity index (χ1v) is 6.89. The van der Waals surface area contributed by atoms with Crippen LogP contribution in [0.5, 0.6) is 0 Å². The van der Waals surface area contributed by atoms with E-state index in [9.17, 15) is 4.79 Å². The quantitative estimate of drug-likeness (QED) is 0.827. The lowest BCUT2D eigenvalue weighted by atomic mass is 9.98. The van der Waals surface area contributed by atoms with Crippen LogP contribution in [0.25, 0.3) is 0 Å². The molecule has 1 saturated heterocycles. The van der Waals surface area contributed by atoms with E-state index in [1.807, 2.05) is 4.90 Å². The van der Waals surface area contributed by atoms with Crippen LogP contribution >= 0.6 is 0 Å². The number of carbonyl (C=O) groups excluding carboxylic acids is 1. The average Bonchev–Trinajstić information content (AvgIpc) is 2.93. The van der Waals surface area contributed by atoms with Gasteiger partial charge in [-0.25, -0.2) is 4.79 Å². The molecule has 1 aliphatic heterocycles. The Labute approximate surface area is 118 Å². The molecule has 0 aromatic carbocycles. The number of aromatic nitrogens is 2. The molecular formula is C13H22N4O3. The van der Waals surface area contributed by atoms with Crippen LogP contribution in [0.2, 0.25) is 0 Å². The molecule has 0 saturated carbocycles. The molecule has 0 aliphatic carbocycles. The fraction of sp³-hybridized carbons (Fsp3) is 0.769. The number of hydrogen-bond acceptors (Lipinski definition) is 5. The van der Waals surface area contributed by atoms with Gasteiger partial charge in [0, 0.05) is 40.7 Å². The maximum atomic E-state index is 12.0. The number of methoxy groups -OCH3 is 1. The number of hydrogen-bond donors (Lipinski definition) is 0. The van der Waals surface area contributed by atoms with Crippen LogP contribution in [0.15, 0.2) is 4.52 Å². The zero-order valence-corrected chi connectivity index (χ0v) is 12.3. The highest BCUT2D eigenvalue weighted by molar-refractivity contribution is 5.74. The molecule has 1 aromatic rings. The predicted octanol–water partition coefficient (Wildman–Crippen LogP) is 1.12. The minimum absolute atomic E-state index is 0.0359. The topological polar surface area (TPSA) is 71.7 Å². The molecule has 7 nitrogen and oxygen atoms in total. The second-order valence-electron chi connectivity index (χ2n) is 5.25. The van der Waals surface area contributed by atoms with Crippen molar-refractivity contribution in [2.75, 3.05) is 40.9 Å². The summed E-state index contributed by atoms with van der Waals surface area (Å²) < 4.78 is 10.3. The van der Waals surface area contributed by atoms with Crippen LogP contribution in [-0.2, 0) is 11.2 Å². The van der Waals surface area contributed by atoms with E-state index in [2.05, 4.69) is 10.1 Å². The normalized spacial score (nSPS) is 19.1. The Bertz CT molecular complexity index is 447. The van der Waals surface area contributed by atoms with Crippen molar-refractivity contribution in [3.63, 3.8) is 0 Å². The van der Waals surface area contributed by atoms with Crippen molar-refractivity contribution in [1.29, 1.82) is 0 Å². The van der Waals surface area contributed by atoms with Gasteiger partial charge in [0.05, 0.1) is 12.5 Å². The first-order valence-electron chi connectivity index (χ1n) is 6.89. The summed E-state index contributed by atoms with van der Waals surface area (Å²) in [5.74, 6) is 1.43. The van der Waals surface area contributed by atoms with Gasteiger partial charge in [0.2, 0.25) is 5.89 Å². The number of piperidine rings is 1. The monoisotopic (exact) mass is 282 g/mol. The van der Waals surface area contributed by atoms with E-state index in [4.69, 9.17) is 9.26 Å². The third-order valence-electron chi connectivity index (χ3n) is 3.44. The summed E-state index contributed by atoms with van der Waals surface area (Å²) in [6, 6.07) is 0.0359. The van der Waals surface area contributed by atoms with Gasteiger partial charge in [-0.05, 0) is 12.8 Å². The van der Waals surface area contributed by atoms with E-state index >= 15 is 0 Å². The van der Waals surface area contributed by atoms with Crippen molar-refractivity contribution in [2.24, 2.45) is 0 Å². The molecule has 20 heavy (non-hydrogen) atoms. The van der Waals surface area contributed by atoms with Crippen molar-refractivity contribution in [2.45, 2.75) is 25.2 Å². The maximum Gasteiger partial charge on any atom is 0.319 e. The van der Waals surface area contributed by atoms with Gasteiger partial charge in [-0.3, -0.25) is 0 Å². The van der Waals surface area contributed by atoms with E-state index in [1.54, 1.807) is 26.1 Å². The second-order valence-corrected chi connectivity index (χ2v) is 5.25. The Hall–Kier alpha value is -1.63. The summed E-state index contributed by atoms with van der Waals surface area (Å²) in [5, 5.41) is 3.95. The van der Waals surface area contributed by atoms with Gasteiger partial charge in [-0.15, -0.1) is 0 Å². The second kappa shape index (κ2) is 6.69. The molecule has 1 aromatic heterocycles. The van der Waals surface area contributed by atoms with E-state index < -0.39 is 0 Å². The molecule has 2 amide bonds. The standard InChI is InChI=1S/C13H22N4O3/c1-16(2)13(18)17-7-4-5-10(9-17)12-14-11(15-20-12)6-8-19-3/h10H,4-9H2,1-3H3/t10-/m0/s1. The average molecular weight is 282 g/mol. The van der Waals surface area contributed by atoms with E-state index in [-0.39, 0.29) is 11.9 Å². The van der Waals surface area contributed by atoms with Gasteiger partial charge in [-0.1, -0.05) is 5.16 Å². The zero-order chi connectivity index (χ0) is 14.5.